The number of benzene rings is 1. The van der Waals surface area contributed by atoms with Crippen molar-refractivity contribution in [3.63, 3.8) is 0 Å². The smallest absolute Gasteiger partial charge is 0.191 e. The van der Waals surface area contributed by atoms with Crippen LogP contribution in [-0.2, 0) is 11.3 Å². The van der Waals surface area contributed by atoms with Gasteiger partial charge in [0.05, 0.1) is 12.6 Å². The van der Waals surface area contributed by atoms with E-state index in [0.717, 1.165) is 32.1 Å². The standard InChI is InChI=1S/C18H29N3O/c1-5-19-18(20-11-16-7-6-8-22-16)21-12-17-14(3)9-13(2)10-15(17)4/h9-10,16H,5-8,11-12H2,1-4H3,(H2,19,20,21). The van der Waals surface area contributed by atoms with E-state index in [2.05, 4.69) is 50.5 Å². The molecular formula is C18H29N3O. The number of hydrogen-bond donors (Lipinski definition) is 2. The molecule has 4 heteroatoms. The fraction of sp³-hybridized carbons (Fsp3) is 0.611. The van der Waals surface area contributed by atoms with E-state index >= 15 is 0 Å². The van der Waals surface area contributed by atoms with E-state index in [1.54, 1.807) is 0 Å². The summed E-state index contributed by atoms with van der Waals surface area (Å²) in [6.45, 7) is 11.8. The lowest BCUT2D eigenvalue weighted by atomic mass is 10.00. The number of nitrogens with zero attached hydrogens (tertiary/aromatic N) is 1. The SMILES string of the molecule is CCNC(=NCc1c(C)cc(C)cc1C)NCC1CCCO1. The van der Waals surface area contributed by atoms with Crippen LogP contribution in [0.2, 0.25) is 0 Å². The van der Waals surface area contributed by atoms with Crippen molar-refractivity contribution in [2.45, 2.75) is 53.2 Å². The van der Waals surface area contributed by atoms with Crippen LogP contribution in [0.25, 0.3) is 0 Å². The number of aliphatic imine (C=N–C) groups is 1. The van der Waals surface area contributed by atoms with Crippen molar-refractivity contribution in [3.05, 3.63) is 34.4 Å². The average Bonchev–Trinajstić information content (AvgIpc) is 2.96. The second-order valence-electron chi connectivity index (χ2n) is 6.09. The van der Waals surface area contributed by atoms with Gasteiger partial charge in [0.2, 0.25) is 0 Å². The molecule has 0 bridgehead atoms. The number of nitrogens with one attached hydrogen (secondary N) is 2. The number of ether oxygens (including phenoxy) is 1. The van der Waals surface area contributed by atoms with Gasteiger partial charge in [-0.25, -0.2) is 4.99 Å². The van der Waals surface area contributed by atoms with Crippen LogP contribution in [-0.4, -0.2) is 31.8 Å². The lowest BCUT2D eigenvalue weighted by molar-refractivity contribution is 0.114. The van der Waals surface area contributed by atoms with Gasteiger partial charge in [-0.2, -0.15) is 0 Å². The summed E-state index contributed by atoms with van der Waals surface area (Å²) in [6.07, 6.45) is 2.64. The Hall–Kier alpha value is -1.55. The second kappa shape index (κ2) is 8.18. The zero-order valence-corrected chi connectivity index (χ0v) is 14.3. The van der Waals surface area contributed by atoms with E-state index in [1.807, 2.05) is 0 Å². The van der Waals surface area contributed by atoms with Crippen molar-refractivity contribution in [2.75, 3.05) is 19.7 Å². The van der Waals surface area contributed by atoms with E-state index in [9.17, 15) is 0 Å². The van der Waals surface area contributed by atoms with Crippen molar-refractivity contribution in [1.82, 2.24) is 10.6 Å². The molecule has 2 N–H and O–H groups in total. The first kappa shape index (κ1) is 16.8. The Balaban J connectivity index is 2.00. The molecule has 0 spiro atoms. The van der Waals surface area contributed by atoms with Gasteiger partial charge in [-0.1, -0.05) is 17.7 Å². The molecule has 0 aliphatic carbocycles. The molecule has 1 aromatic carbocycles. The van der Waals surface area contributed by atoms with Gasteiger partial charge in [-0.15, -0.1) is 0 Å². The molecule has 1 aliphatic rings. The van der Waals surface area contributed by atoms with Gasteiger partial charge in [-0.3, -0.25) is 0 Å². The summed E-state index contributed by atoms with van der Waals surface area (Å²) in [5, 5.41) is 6.71. The van der Waals surface area contributed by atoms with Crippen molar-refractivity contribution in [3.8, 4) is 0 Å². The molecule has 0 radical (unpaired) electrons. The summed E-state index contributed by atoms with van der Waals surface area (Å²) in [5.41, 5.74) is 5.26. The van der Waals surface area contributed by atoms with Crippen molar-refractivity contribution in [1.29, 1.82) is 0 Å². The molecule has 122 valence electrons. The first-order valence-corrected chi connectivity index (χ1v) is 8.30. The Labute approximate surface area is 134 Å². The summed E-state index contributed by atoms with van der Waals surface area (Å²) < 4.78 is 5.65. The van der Waals surface area contributed by atoms with Gasteiger partial charge in [0, 0.05) is 19.7 Å². The quantitative estimate of drug-likeness (QED) is 0.649. The minimum absolute atomic E-state index is 0.326. The largest absolute Gasteiger partial charge is 0.376 e. The Morgan fingerprint density at radius 2 is 1.95 bits per heavy atom. The van der Waals surface area contributed by atoms with Crippen LogP contribution >= 0.6 is 0 Å². The summed E-state index contributed by atoms with van der Waals surface area (Å²) in [5.74, 6) is 0.873. The fourth-order valence-corrected chi connectivity index (χ4v) is 2.98. The van der Waals surface area contributed by atoms with Crippen molar-refractivity contribution in [2.24, 2.45) is 4.99 Å². The van der Waals surface area contributed by atoms with Crippen LogP contribution < -0.4 is 10.6 Å². The van der Waals surface area contributed by atoms with Gasteiger partial charge >= 0.3 is 0 Å². The Bertz CT molecular complexity index is 496. The number of rotatable bonds is 5. The van der Waals surface area contributed by atoms with Crippen LogP contribution in [0.5, 0.6) is 0 Å². The van der Waals surface area contributed by atoms with E-state index in [4.69, 9.17) is 9.73 Å². The monoisotopic (exact) mass is 303 g/mol. The predicted octanol–water partition coefficient (Wildman–Crippen LogP) is 2.85. The molecule has 22 heavy (non-hydrogen) atoms. The van der Waals surface area contributed by atoms with Crippen LogP contribution in [0.4, 0.5) is 0 Å². The maximum absolute atomic E-state index is 5.65. The van der Waals surface area contributed by atoms with E-state index < -0.39 is 0 Å². The number of hydrogen-bond acceptors (Lipinski definition) is 2. The number of guanidine groups is 1. The first-order chi connectivity index (χ1) is 10.6. The van der Waals surface area contributed by atoms with Crippen LogP contribution in [0, 0.1) is 20.8 Å². The normalized spacial score (nSPS) is 18.5. The third kappa shape index (κ3) is 4.73. The van der Waals surface area contributed by atoms with Crippen LogP contribution in [0.15, 0.2) is 17.1 Å². The van der Waals surface area contributed by atoms with Crippen molar-refractivity contribution < 1.29 is 4.74 Å². The second-order valence-corrected chi connectivity index (χ2v) is 6.09. The molecule has 1 aliphatic heterocycles. The van der Waals surface area contributed by atoms with Crippen LogP contribution in [0.3, 0.4) is 0 Å². The molecule has 4 nitrogen and oxygen atoms in total. The highest BCUT2D eigenvalue weighted by Crippen LogP contribution is 2.17. The van der Waals surface area contributed by atoms with Gasteiger partial charge in [0.15, 0.2) is 5.96 Å². The zero-order valence-electron chi connectivity index (χ0n) is 14.3. The molecule has 1 unspecified atom stereocenters. The molecule has 1 heterocycles. The molecule has 2 rings (SSSR count). The third-order valence-corrected chi connectivity index (χ3v) is 4.10. The summed E-state index contributed by atoms with van der Waals surface area (Å²) in [7, 11) is 0. The fourth-order valence-electron chi connectivity index (χ4n) is 2.98. The lowest BCUT2D eigenvalue weighted by Gasteiger charge is -2.15. The Morgan fingerprint density at radius 3 is 2.55 bits per heavy atom. The molecule has 0 amide bonds. The summed E-state index contributed by atoms with van der Waals surface area (Å²) in [6, 6.07) is 4.45. The topological polar surface area (TPSA) is 45.7 Å². The zero-order chi connectivity index (χ0) is 15.9. The summed E-state index contributed by atoms with van der Waals surface area (Å²) in [4.78, 5) is 4.73. The average molecular weight is 303 g/mol. The van der Waals surface area contributed by atoms with Gasteiger partial charge in [0.25, 0.3) is 0 Å². The molecule has 1 aromatic rings. The summed E-state index contributed by atoms with van der Waals surface area (Å²) >= 11 is 0. The van der Waals surface area contributed by atoms with Gasteiger partial charge in [-0.05, 0) is 57.2 Å². The molecule has 1 atom stereocenters. The van der Waals surface area contributed by atoms with Crippen LogP contribution in [0.1, 0.15) is 42.0 Å². The highest BCUT2D eigenvalue weighted by molar-refractivity contribution is 5.79. The van der Waals surface area contributed by atoms with Crippen molar-refractivity contribution >= 4 is 5.96 Å². The minimum atomic E-state index is 0.326. The highest BCUT2D eigenvalue weighted by Gasteiger charge is 2.15. The third-order valence-electron chi connectivity index (χ3n) is 4.10. The maximum atomic E-state index is 5.65. The van der Waals surface area contributed by atoms with E-state index in [1.165, 1.54) is 28.7 Å². The van der Waals surface area contributed by atoms with Gasteiger partial charge < -0.3 is 15.4 Å². The molecule has 0 aromatic heterocycles. The molecule has 1 saturated heterocycles. The van der Waals surface area contributed by atoms with E-state index in [-0.39, 0.29) is 0 Å². The van der Waals surface area contributed by atoms with E-state index in [0.29, 0.717) is 12.6 Å². The first-order valence-electron chi connectivity index (χ1n) is 8.30. The predicted molar refractivity (Wildman–Crippen MR) is 92.4 cm³/mol. The molecule has 0 saturated carbocycles. The lowest BCUT2D eigenvalue weighted by Crippen LogP contribution is -2.41. The molecular weight excluding hydrogens is 274 g/mol. The molecule has 1 fully saturated rings. The maximum Gasteiger partial charge on any atom is 0.191 e. The highest BCUT2D eigenvalue weighted by atomic mass is 16.5. The minimum Gasteiger partial charge on any atom is -0.376 e. The van der Waals surface area contributed by atoms with Gasteiger partial charge in [0.1, 0.15) is 0 Å². The number of aryl methyl sites for hydroxylation is 3. The Kier molecular flexibility index (Phi) is 6.25. The Morgan fingerprint density at radius 1 is 1.23 bits per heavy atom.